The number of benzene rings is 1. The average Bonchev–Trinajstić information content (AvgIpc) is 3.35. The lowest BCUT2D eigenvalue weighted by atomic mass is 10.2. The third-order valence-corrected chi connectivity index (χ3v) is 4.45. The predicted octanol–water partition coefficient (Wildman–Crippen LogP) is 2.56. The second-order valence-corrected chi connectivity index (χ2v) is 6.04. The molecular formula is C17H18FN5O2. The minimum atomic E-state index is -0.302. The van der Waals surface area contributed by atoms with Gasteiger partial charge >= 0.3 is 0 Å². The van der Waals surface area contributed by atoms with Crippen molar-refractivity contribution >= 4 is 0 Å². The molecule has 3 aromatic rings. The molecule has 1 N–H and O–H groups in total. The van der Waals surface area contributed by atoms with Crippen LogP contribution < -0.4 is 0 Å². The number of nitrogens with one attached hydrogen (secondary N) is 1. The number of oxazole rings is 1. The van der Waals surface area contributed by atoms with Gasteiger partial charge in [0.25, 0.3) is 0 Å². The van der Waals surface area contributed by atoms with Gasteiger partial charge in [-0.25, -0.2) is 14.4 Å². The first-order chi connectivity index (χ1) is 12.2. The topological polar surface area (TPSA) is 80.1 Å². The third-order valence-electron chi connectivity index (χ3n) is 4.45. The van der Waals surface area contributed by atoms with Crippen LogP contribution in [0.25, 0.3) is 11.3 Å². The molecular weight excluding hydrogens is 325 g/mol. The average molecular weight is 343 g/mol. The zero-order chi connectivity index (χ0) is 17.2. The predicted molar refractivity (Wildman–Crippen MR) is 86.8 cm³/mol. The number of hydrogen-bond acceptors (Lipinski definition) is 6. The van der Waals surface area contributed by atoms with Crippen LogP contribution in [-0.4, -0.2) is 44.8 Å². The zero-order valence-corrected chi connectivity index (χ0v) is 13.7. The van der Waals surface area contributed by atoms with Crippen molar-refractivity contribution in [3.63, 3.8) is 0 Å². The van der Waals surface area contributed by atoms with Crippen LogP contribution in [0, 0.1) is 5.82 Å². The number of hydrogen-bond donors (Lipinski definition) is 1. The van der Waals surface area contributed by atoms with Gasteiger partial charge in [-0.05, 0) is 18.6 Å². The van der Waals surface area contributed by atoms with E-state index in [4.69, 9.17) is 9.15 Å². The van der Waals surface area contributed by atoms with E-state index in [-0.39, 0.29) is 18.0 Å². The second kappa shape index (κ2) is 6.73. The van der Waals surface area contributed by atoms with E-state index >= 15 is 0 Å². The molecule has 2 aromatic heterocycles. The van der Waals surface area contributed by atoms with E-state index in [0.717, 1.165) is 18.8 Å². The summed E-state index contributed by atoms with van der Waals surface area (Å²) in [5.74, 6) is 1.62. The first-order valence-electron chi connectivity index (χ1n) is 8.05. The first kappa shape index (κ1) is 15.9. The molecule has 0 amide bonds. The number of aromatic nitrogens is 4. The lowest BCUT2D eigenvalue weighted by Crippen LogP contribution is -2.25. The first-order valence-corrected chi connectivity index (χ1v) is 8.05. The lowest BCUT2D eigenvalue weighted by Gasteiger charge is -2.20. The molecule has 0 spiro atoms. The summed E-state index contributed by atoms with van der Waals surface area (Å²) in [5, 5.41) is 6.86. The molecule has 2 atom stereocenters. The van der Waals surface area contributed by atoms with Crippen molar-refractivity contribution in [2.75, 3.05) is 13.7 Å². The number of ether oxygens (including phenoxy) is 1. The van der Waals surface area contributed by atoms with E-state index in [1.165, 1.54) is 18.5 Å². The third kappa shape index (κ3) is 3.31. The van der Waals surface area contributed by atoms with Crippen molar-refractivity contribution < 1.29 is 13.5 Å². The maximum absolute atomic E-state index is 13.4. The number of likely N-dealkylation sites (tertiary alicyclic amines) is 1. The molecule has 1 fully saturated rings. The normalized spacial score (nSPS) is 21.0. The van der Waals surface area contributed by atoms with E-state index in [9.17, 15) is 4.39 Å². The van der Waals surface area contributed by atoms with Crippen molar-refractivity contribution in [3.05, 3.63) is 54.3 Å². The monoisotopic (exact) mass is 343 g/mol. The highest BCUT2D eigenvalue weighted by Gasteiger charge is 2.35. The van der Waals surface area contributed by atoms with E-state index in [1.54, 1.807) is 25.4 Å². The Morgan fingerprint density at radius 3 is 3.08 bits per heavy atom. The minimum absolute atomic E-state index is 0.0666. The fourth-order valence-corrected chi connectivity index (χ4v) is 3.20. The van der Waals surface area contributed by atoms with Gasteiger partial charge in [0.2, 0.25) is 5.89 Å². The van der Waals surface area contributed by atoms with Crippen LogP contribution in [0.4, 0.5) is 4.39 Å². The molecule has 0 aliphatic carbocycles. The van der Waals surface area contributed by atoms with Crippen LogP contribution in [0.2, 0.25) is 0 Å². The highest BCUT2D eigenvalue weighted by Crippen LogP contribution is 2.33. The van der Waals surface area contributed by atoms with Crippen LogP contribution in [-0.2, 0) is 11.3 Å². The van der Waals surface area contributed by atoms with Gasteiger partial charge in [0.05, 0.1) is 24.9 Å². The fourth-order valence-electron chi connectivity index (χ4n) is 3.20. The lowest BCUT2D eigenvalue weighted by molar-refractivity contribution is 0.106. The maximum Gasteiger partial charge on any atom is 0.209 e. The molecule has 3 heterocycles. The molecule has 130 valence electrons. The molecule has 25 heavy (non-hydrogen) atoms. The van der Waals surface area contributed by atoms with E-state index < -0.39 is 0 Å². The van der Waals surface area contributed by atoms with Gasteiger partial charge in [-0.15, -0.1) is 0 Å². The van der Waals surface area contributed by atoms with Crippen LogP contribution >= 0.6 is 0 Å². The Balaban J connectivity index is 1.53. The smallest absolute Gasteiger partial charge is 0.209 e. The largest absolute Gasteiger partial charge is 0.439 e. The van der Waals surface area contributed by atoms with E-state index in [2.05, 4.69) is 25.1 Å². The van der Waals surface area contributed by atoms with Gasteiger partial charge in [0, 0.05) is 19.2 Å². The van der Waals surface area contributed by atoms with Crippen LogP contribution in [0.5, 0.6) is 0 Å². The van der Waals surface area contributed by atoms with Crippen molar-refractivity contribution in [2.45, 2.75) is 25.1 Å². The molecule has 8 heteroatoms. The highest BCUT2D eigenvalue weighted by atomic mass is 19.1. The molecule has 1 aliphatic heterocycles. The molecule has 0 radical (unpaired) electrons. The summed E-state index contributed by atoms with van der Waals surface area (Å²) >= 11 is 0. The number of rotatable bonds is 5. The Morgan fingerprint density at radius 1 is 1.40 bits per heavy atom. The van der Waals surface area contributed by atoms with Crippen LogP contribution in [0.3, 0.4) is 0 Å². The Labute approximate surface area is 143 Å². The molecule has 0 bridgehead atoms. The summed E-state index contributed by atoms with van der Waals surface area (Å²) in [6.07, 6.45) is 4.06. The van der Waals surface area contributed by atoms with Gasteiger partial charge in [-0.1, -0.05) is 12.1 Å². The summed E-state index contributed by atoms with van der Waals surface area (Å²) in [6.45, 7) is 1.26. The van der Waals surface area contributed by atoms with Crippen molar-refractivity contribution in [1.29, 1.82) is 0 Å². The van der Waals surface area contributed by atoms with Crippen LogP contribution in [0.1, 0.15) is 24.2 Å². The highest BCUT2D eigenvalue weighted by molar-refractivity contribution is 5.56. The van der Waals surface area contributed by atoms with Crippen LogP contribution in [0.15, 0.2) is 41.2 Å². The molecule has 4 rings (SSSR count). The molecule has 0 unspecified atom stereocenters. The molecule has 1 aromatic carbocycles. The van der Waals surface area contributed by atoms with Crippen molar-refractivity contribution in [3.8, 4) is 11.3 Å². The Hall–Kier alpha value is -2.58. The summed E-state index contributed by atoms with van der Waals surface area (Å²) in [4.78, 5) is 10.8. The summed E-state index contributed by atoms with van der Waals surface area (Å²) in [5.41, 5.74) is 0.668. The SMILES string of the molecule is CO[C@@H]1C[C@@H](c2ncn[nH]2)N(Cc2ncc(-c3cccc(F)c3)o2)C1. The molecule has 7 nitrogen and oxygen atoms in total. The number of H-pyrrole nitrogens is 1. The second-order valence-electron chi connectivity index (χ2n) is 6.04. The van der Waals surface area contributed by atoms with E-state index in [1.807, 2.05) is 0 Å². The van der Waals surface area contributed by atoms with Gasteiger partial charge in [-0.3, -0.25) is 10.00 Å². The van der Waals surface area contributed by atoms with Crippen molar-refractivity contribution in [2.24, 2.45) is 0 Å². The Kier molecular flexibility index (Phi) is 4.29. The van der Waals surface area contributed by atoms with Gasteiger partial charge < -0.3 is 9.15 Å². The molecule has 1 aliphatic rings. The summed E-state index contributed by atoms with van der Waals surface area (Å²) < 4.78 is 24.7. The van der Waals surface area contributed by atoms with E-state index in [0.29, 0.717) is 23.8 Å². The number of methoxy groups -OCH3 is 1. The number of aromatic amines is 1. The van der Waals surface area contributed by atoms with Gasteiger partial charge in [0.1, 0.15) is 18.0 Å². The fraction of sp³-hybridized carbons (Fsp3) is 0.353. The Morgan fingerprint density at radius 2 is 2.32 bits per heavy atom. The summed E-state index contributed by atoms with van der Waals surface area (Å²) in [7, 11) is 1.71. The number of nitrogens with zero attached hydrogens (tertiary/aromatic N) is 4. The zero-order valence-electron chi connectivity index (χ0n) is 13.7. The quantitative estimate of drug-likeness (QED) is 0.767. The standard InChI is InChI=1S/C17H18FN5O2/c1-24-13-6-14(17-20-10-21-22-17)23(8-13)9-16-19-7-15(25-16)11-3-2-4-12(18)5-11/h2-5,7,10,13-14H,6,8-9H2,1H3,(H,20,21,22)/t13-,14+/m1/s1. The molecule has 0 saturated carbocycles. The Bertz CT molecular complexity index is 835. The van der Waals surface area contributed by atoms with Gasteiger partial charge in [0.15, 0.2) is 5.76 Å². The minimum Gasteiger partial charge on any atom is -0.439 e. The molecule has 1 saturated heterocycles. The van der Waals surface area contributed by atoms with Gasteiger partial charge in [-0.2, -0.15) is 5.10 Å². The summed E-state index contributed by atoms with van der Waals surface area (Å²) in [6, 6.07) is 6.34. The maximum atomic E-state index is 13.4. The number of halogens is 1. The van der Waals surface area contributed by atoms with Crippen molar-refractivity contribution in [1.82, 2.24) is 25.1 Å².